The van der Waals surface area contributed by atoms with E-state index in [9.17, 15) is 18.0 Å². The zero-order valence-corrected chi connectivity index (χ0v) is 14.7. The van der Waals surface area contributed by atoms with E-state index in [2.05, 4.69) is 0 Å². The highest BCUT2D eigenvalue weighted by atomic mass is 19.3. The summed E-state index contributed by atoms with van der Waals surface area (Å²) in [5.74, 6) is -4.58. The molecule has 0 spiro atoms. The van der Waals surface area contributed by atoms with Gasteiger partial charge in [-0.2, -0.15) is 0 Å². The summed E-state index contributed by atoms with van der Waals surface area (Å²) in [6, 6.07) is 6.94. The van der Waals surface area contributed by atoms with Gasteiger partial charge in [-0.1, -0.05) is 38.3 Å². The fourth-order valence-electron chi connectivity index (χ4n) is 3.76. The average molecular weight is 353 g/mol. The minimum atomic E-state index is -3.38. The molecule has 0 N–H and O–H groups in total. The molecular formula is C20H26F3NO. The molecule has 0 bridgehead atoms. The van der Waals surface area contributed by atoms with E-state index in [4.69, 9.17) is 0 Å². The van der Waals surface area contributed by atoms with Crippen molar-refractivity contribution in [1.82, 2.24) is 4.90 Å². The third-order valence-corrected chi connectivity index (χ3v) is 5.61. The number of nitrogens with zero attached hydrogens (tertiary/aromatic N) is 1. The molecule has 2 nitrogen and oxygen atoms in total. The first-order valence-electron chi connectivity index (χ1n) is 9.30. The Bertz CT molecular complexity index is 591. The molecule has 2 aliphatic carbocycles. The van der Waals surface area contributed by atoms with Gasteiger partial charge in [-0.05, 0) is 43.4 Å². The Kier molecular flexibility index (Phi) is 5.40. The van der Waals surface area contributed by atoms with Gasteiger partial charge in [-0.15, -0.1) is 0 Å². The molecule has 5 heteroatoms. The van der Waals surface area contributed by atoms with E-state index in [1.807, 2.05) is 4.90 Å². The second-order valence-corrected chi connectivity index (χ2v) is 7.47. The van der Waals surface area contributed by atoms with Crippen LogP contribution in [0.25, 0.3) is 0 Å². The largest absolute Gasteiger partial charge is 0.333 e. The SMILES string of the molecule is CC(c1ccc(C(=O)N(C2CCCCC2)C2CC2)cc1)C(F)(F)CF. The quantitative estimate of drug-likeness (QED) is 0.677. The molecule has 138 valence electrons. The topological polar surface area (TPSA) is 20.3 Å². The van der Waals surface area contributed by atoms with Gasteiger partial charge in [0.2, 0.25) is 0 Å². The number of halogens is 3. The fraction of sp³-hybridized carbons (Fsp3) is 0.650. The van der Waals surface area contributed by atoms with Gasteiger partial charge in [-0.3, -0.25) is 4.79 Å². The molecule has 1 aromatic carbocycles. The third kappa shape index (κ3) is 4.01. The van der Waals surface area contributed by atoms with E-state index in [0.29, 0.717) is 23.2 Å². The van der Waals surface area contributed by atoms with E-state index in [0.717, 1.165) is 38.5 Å². The van der Waals surface area contributed by atoms with Gasteiger partial charge in [0, 0.05) is 23.6 Å². The van der Waals surface area contributed by atoms with Gasteiger partial charge in [0.05, 0.1) is 0 Å². The summed E-state index contributed by atoms with van der Waals surface area (Å²) in [6.45, 7) is -0.360. The molecule has 0 saturated heterocycles. The Hall–Kier alpha value is -1.52. The molecule has 1 atom stereocenters. The van der Waals surface area contributed by atoms with E-state index in [-0.39, 0.29) is 5.91 Å². The standard InChI is InChI=1S/C20H26F3NO/c1-14(20(22,23)13-21)15-7-9-16(10-8-15)19(25)24(18-11-12-18)17-5-3-2-4-6-17/h7-10,14,17-18H,2-6,11-13H2,1H3. The summed E-state index contributed by atoms with van der Waals surface area (Å²) in [5, 5.41) is 0. The maximum atomic E-state index is 13.5. The monoisotopic (exact) mass is 353 g/mol. The van der Waals surface area contributed by atoms with Gasteiger partial charge in [-0.25, -0.2) is 13.2 Å². The van der Waals surface area contributed by atoms with Gasteiger partial charge >= 0.3 is 0 Å². The second kappa shape index (κ2) is 7.38. The van der Waals surface area contributed by atoms with Crippen molar-refractivity contribution < 1.29 is 18.0 Å². The molecule has 0 aromatic heterocycles. The normalized spacial score (nSPS) is 20.3. The van der Waals surface area contributed by atoms with Crippen molar-refractivity contribution in [2.75, 3.05) is 6.67 Å². The molecule has 2 fully saturated rings. The molecule has 0 aliphatic heterocycles. The summed E-state index contributed by atoms with van der Waals surface area (Å²) in [5.41, 5.74) is 0.895. The molecule has 2 saturated carbocycles. The minimum absolute atomic E-state index is 0.00542. The van der Waals surface area contributed by atoms with E-state index in [1.165, 1.54) is 25.5 Å². The van der Waals surface area contributed by atoms with Gasteiger partial charge < -0.3 is 4.90 Å². The van der Waals surface area contributed by atoms with Crippen molar-refractivity contribution in [2.45, 2.75) is 75.8 Å². The van der Waals surface area contributed by atoms with Gasteiger partial charge in [0.1, 0.15) is 0 Å². The first-order valence-corrected chi connectivity index (χ1v) is 9.30. The first-order chi connectivity index (χ1) is 11.9. The summed E-state index contributed by atoms with van der Waals surface area (Å²) in [4.78, 5) is 15.0. The second-order valence-electron chi connectivity index (χ2n) is 7.47. The van der Waals surface area contributed by atoms with Crippen LogP contribution >= 0.6 is 0 Å². The number of rotatable bonds is 6. The molecule has 3 rings (SSSR count). The molecule has 1 unspecified atom stereocenters. The van der Waals surface area contributed by atoms with Gasteiger partial charge in [0.25, 0.3) is 11.8 Å². The molecule has 1 aromatic rings. The van der Waals surface area contributed by atoms with Crippen molar-refractivity contribution in [3.05, 3.63) is 35.4 Å². The van der Waals surface area contributed by atoms with Crippen molar-refractivity contribution in [3.63, 3.8) is 0 Å². The summed E-state index contributed by atoms with van der Waals surface area (Å²) < 4.78 is 39.6. The maximum absolute atomic E-state index is 13.5. The lowest BCUT2D eigenvalue weighted by Crippen LogP contribution is -2.43. The lowest BCUT2D eigenvalue weighted by molar-refractivity contribution is -0.0433. The van der Waals surface area contributed by atoms with Crippen molar-refractivity contribution >= 4 is 5.91 Å². The molecule has 1 amide bonds. The fourth-order valence-corrected chi connectivity index (χ4v) is 3.76. The highest BCUT2D eigenvalue weighted by molar-refractivity contribution is 5.95. The lowest BCUT2D eigenvalue weighted by atomic mass is 9.92. The summed E-state index contributed by atoms with van der Waals surface area (Å²) in [6.07, 6.45) is 7.78. The van der Waals surface area contributed by atoms with Crippen molar-refractivity contribution in [2.24, 2.45) is 0 Å². The zero-order chi connectivity index (χ0) is 18.0. The summed E-state index contributed by atoms with van der Waals surface area (Å²) in [7, 11) is 0. The number of hydrogen-bond donors (Lipinski definition) is 0. The van der Waals surface area contributed by atoms with Crippen LogP contribution in [0.1, 0.15) is 73.7 Å². The Morgan fingerprint density at radius 1 is 1.08 bits per heavy atom. The number of carbonyl (C=O) groups excluding carboxylic acids is 1. The van der Waals surface area contributed by atoms with Crippen LogP contribution in [0.5, 0.6) is 0 Å². The van der Waals surface area contributed by atoms with Crippen LogP contribution in [-0.4, -0.2) is 35.5 Å². The predicted molar refractivity (Wildman–Crippen MR) is 91.8 cm³/mol. The minimum Gasteiger partial charge on any atom is -0.333 e. The Labute approximate surface area is 147 Å². The molecular weight excluding hydrogens is 327 g/mol. The van der Waals surface area contributed by atoms with Crippen LogP contribution in [0.2, 0.25) is 0 Å². The maximum Gasteiger partial charge on any atom is 0.282 e. The number of alkyl halides is 3. The predicted octanol–water partition coefficient (Wildman–Crippen LogP) is 5.33. The number of hydrogen-bond acceptors (Lipinski definition) is 1. The van der Waals surface area contributed by atoms with Crippen LogP contribution in [0, 0.1) is 0 Å². The number of carbonyl (C=O) groups is 1. The Morgan fingerprint density at radius 3 is 2.16 bits per heavy atom. The summed E-state index contributed by atoms with van der Waals surface area (Å²) >= 11 is 0. The Morgan fingerprint density at radius 2 is 1.64 bits per heavy atom. The van der Waals surface area contributed by atoms with Crippen LogP contribution in [0.15, 0.2) is 24.3 Å². The third-order valence-electron chi connectivity index (χ3n) is 5.61. The van der Waals surface area contributed by atoms with Gasteiger partial charge in [0.15, 0.2) is 6.67 Å². The lowest BCUT2D eigenvalue weighted by Gasteiger charge is -2.34. The van der Waals surface area contributed by atoms with Crippen LogP contribution < -0.4 is 0 Å². The van der Waals surface area contributed by atoms with Crippen molar-refractivity contribution in [1.29, 1.82) is 0 Å². The number of amides is 1. The number of benzene rings is 1. The highest BCUT2D eigenvalue weighted by Crippen LogP contribution is 2.36. The highest BCUT2D eigenvalue weighted by Gasteiger charge is 2.39. The molecule has 2 aliphatic rings. The zero-order valence-electron chi connectivity index (χ0n) is 14.7. The van der Waals surface area contributed by atoms with E-state index >= 15 is 0 Å². The molecule has 0 radical (unpaired) electrons. The van der Waals surface area contributed by atoms with Crippen LogP contribution in [-0.2, 0) is 0 Å². The average Bonchev–Trinajstić information content (AvgIpc) is 3.47. The molecule has 0 heterocycles. The molecule has 25 heavy (non-hydrogen) atoms. The van der Waals surface area contributed by atoms with E-state index < -0.39 is 18.5 Å². The van der Waals surface area contributed by atoms with E-state index in [1.54, 1.807) is 12.1 Å². The van der Waals surface area contributed by atoms with Crippen molar-refractivity contribution in [3.8, 4) is 0 Å². The van der Waals surface area contributed by atoms with Crippen LogP contribution in [0.4, 0.5) is 13.2 Å². The smallest absolute Gasteiger partial charge is 0.282 e. The Balaban J connectivity index is 1.75. The first kappa shape index (κ1) is 18.3. The van der Waals surface area contributed by atoms with Crippen LogP contribution in [0.3, 0.4) is 0 Å².